The summed E-state index contributed by atoms with van der Waals surface area (Å²) in [5, 5.41) is -3.79. The summed E-state index contributed by atoms with van der Waals surface area (Å²) in [7, 11) is 0. The summed E-state index contributed by atoms with van der Waals surface area (Å²) in [6, 6.07) is -13.8. The summed E-state index contributed by atoms with van der Waals surface area (Å²) in [6.45, 7) is 0. The molecule has 0 saturated carbocycles. The molecule has 0 unspecified atom stereocenters. The lowest BCUT2D eigenvalue weighted by Gasteiger charge is -2.33. The highest BCUT2D eigenvalue weighted by atomic mass is 19.4. The van der Waals surface area contributed by atoms with E-state index in [9.17, 15) is 48.7 Å². The second-order valence-corrected chi connectivity index (χ2v) is 2.55. The van der Waals surface area contributed by atoms with E-state index in [-0.39, 0.29) is 0 Å². The highest BCUT2D eigenvalue weighted by molar-refractivity contribution is 4.82. The van der Waals surface area contributed by atoms with E-state index in [0.717, 1.165) is 0 Å². The minimum absolute atomic E-state index is 1.19. The Morgan fingerprint density at radius 1 is 0.611 bits per heavy atom. The zero-order valence-electron chi connectivity index (χ0n) is 7.42. The molecule has 0 atom stereocenters. The van der Waals surface area contributed by atoms with Crippen LogP contribution >= 0.6 is 0 Å². The molecular weight excluding hydrogens is 303 g/mol. The fourth-order valence-electron chi connectivity index (χ4n) is 0.498. The lowest BCUT2D eigenvalue weighted by molar-refractivity contribution is -0.539. The fourth-order valence-corrected chi connectivity index (χ4v) is 0.498. The van der Waals surface area contributed by atoms with Gasteiger partial charge in [0.25, 0.3) is 0 Å². The van der Waals surface area contributed by atoms with Crippen LogP contribution in [0.3, 0.4) is 0 Å². The van der Waals surface area contributed by atoms with Gasteiger partial charge in [-0.15, -0.1) is 14.4 Å². The molecule has 0 fully saturated rings. The molecule has 0 radical (unpaired) electrons. The van der Waals surface area contributed by atoms with Crippen molar-refractivity contribution in [3.8, 4) is 0 Å². The van der Waals surface area contributed by atoms with E-state index in [1.165, 1.54) is 9.88 Å². The Morgan fingerprint density at radius 2 is 0.833 bits per heavy atom. The number of alkyl halides is 8. The number of nitrogens with zero attached hydrogens (tertiary/aromatic N) is 1. The summed E-state index contributed by atoms with van der Waals surface area (Å²) in [4.78, 5) is 2.37. The average molecular weight is 303 g/mol. The first-order chi connectivity index (χ1) is 7.78. The maximum atomic E-state index is 12.2. The van der Waals surface area contributed by atoms with Crippen LogP contribution in [-0.2, 0) is 9.88 Å². The normalized spacial score (nSPS) is 15.3. The van der Waals surface area contributed by atoms with Crippen molar-refractivity contribution in [1.82, 2.24) is 5.12 Å². The molecule has 0 rings (SSSR count). The van der Waals surface area contributed by atoms with E-state index in [1.807, 2.05) is 0 Å². The molecule has 3 nitrogen and oxygen atoms in total. The summed E-state index contributed by atoms with van der Waals surface area (Å²) >= 11 is 0. The maximum Gasteiger partial charge on any atom is 0.467 e. The van der Waals surface area contributed by atoms with Gasteiger partial charge in [0.05, 0.1) is 0 Å². The third kappa shape index (κ3) is 2.44. The van der Waals surface area contributed by atoms with Crippen molar-refractivity contribution in [2.45, 2.75) is 24.3 Å². The van der Waals surface area contributed by atoms with E-state index in [4.69, 9.17) is 0 Å². The van der Waals surface area contributed by atoms with Gasteiger partial charge in [-0.1, -0.05) is 0 Å². The van der Waals surface area contributed by atoms with Crippen LogP contribution in [0, 0.1) is 0 Å². The van der Waals surface area contributed by atoms with Crippen LogP contribution < -0.4 is 0 Å². The van der Waals surface area contributed by atoms with Crippen molar-refractivity contribution in [3.05, 3.63) is 0 Å². The van der Waals surface area contributed by atoms with Gasteiger partial charge in [-0.2, -0.15) is 35.1 Å². The third-order valence-electron chi connectivity index (χ3n) is 1.39. The van der Waals surface area contributed by atoms with Crippen molar-refractivity contribution in [1.29, 1.82) is 0 Å². The molecule has 0 N–H and O–H groups in total. The highest BCUT2D eigenvalue weighted by Gasteiger charge is 2.77. The standard InChI is InChI=1S/C4F11NO2/c5-1(6,3(9,10)17-14)16(13)2(7,8)4(11,12)18-15. The minimum atomic E-state index is -6.90. The van der Waals surface area contributed by atoms with Gasteiger partial charge >= 0.3 is 24.3 Å². The van der Waals surface area contributed by atoms with Crippen molar-refractivity contribution in [3.63, 3.8) is 0 Å². The smallest absolute Gasteiger partial charge is 0.175 e. The molecule has 110 valence electrons. The minimum Gasteiger partial charge on any atom is -0.175 e. The van der Waals surface area contributed by atoms with Gasteiger partial charge in [-0.05, 0) is 9.05 Å². The van der Waals surface area contributed by atoms with E-state index in [0.29, 0.717) is 0 Å². The van der Waals surface area contributed by atoms with Gasteiger partial charge in [0.15, 0.2) is 0 Å². The first kappa shape index (κ1) is 17.1. The predicted molar refractivity (Wildman–Crippen MR) is 27.1 cm³/mol. The Kier molecular flexibility index (Phi) is 4.42. The molecule has 0 aliphatic heterocycles. The molecule has 0 heterocycles. The highest BCUT2D eigenvalue weighted by Crippen LogP contribution is 2.48. The molecule has 0 aromatic carbocycles. The van der Waals surface area contributed by atoms with Crippen LogP contribution in [0.2, 0.25) is 0 Å². The maximum absolute atomic E-state index is 12.2. The summed E-state index contributed by atoms with van der Waals surface area (Å²) in [6.07, 6.45) is -13.1. The fraction of sp³-hybridized carbons (Fsp3) is 1.00. The first-order valence-corrected chi connectivity index (χ1v) is 3.34. The van der Waals surface area contributed by atoms with Crippen molar-refractivity contribution in [2.75, 3.05) is 0 Å². The summed E-state index contributed by atoms with van der Waals surface area (Å²) < 4.78 is 130. The Labute approximate surface area is 89.4 Å². The number of rotatable bonds is 6. The molecular formula is C4F11NO2. The molecule has 0 saturated heterocycles. The molecule has 14 heteroatoms. The van der Waals surface area contributed by atoms with E-state index in [2.05, 4.69) is 0 Å². The second-order valence-electron chi connectivity index (χ2n) is 2.55. The van der Waals surface area contributed by atoms with Crippen molar-refractivity contribution >= 4 is 0 Å². The van der Waals surface area contributed by atoms with E-state index >= 15 is 0 Å². The van der Waals surface area contributed by atoms with Gasteiger partial charge in [-0.3, -0.25) is 0 Å². The van der Waals surface area contributed by atoms with E-state index < -0.39 is 29.4 Å². The summed E-state index contributed by atoms with van der Waals surface area (Å²) in [5.41, 5.74) is 0. The first-order valence-electron chi connectivity index (χ1n) is 3.34. The predicted octanol–water partition coefficient (Wildman–Crippen LogP) is 3.35. The Morgan fingerprint density at radius 3 is 1.00 bits per heavy atom. The van der Waals surface area contributed by atoms with Crippen LogP contribution in [0.25, 0.3) is 0 Å². The van der Waals surface area contributed by atoms with Gasteiger partial charge in [0.1, 0.15) is 0 Å². The van der Waals surface area contributed by atoms with Crippen LogP contribution in [0.4, 0.5) is 48.7 Å². The SMILES string of the molecule is FOC(F)(F)C(F)(F)N(F)C(F)(F)C(F)(F)OF. The topological polar surface area (TPSA) is 21.7 Å². The molecule has 18 heavy (non-hydrogen) atoms. The third-order valence-corrected chi connectivity index (χ3v) is 1.39. The molecule has 0 aliphatic carbocycles. The van der Waals surface area contributed by atoms with Gasteiger partial charge in [0.2, 0.25) is 0 Å². The lowest BCUT2D eigenvalue weighted by Crippen LogP contribution is -2.63. The van der Waals surface area contributed by atoms with Gasteiger partial charge < -0.3 is 0 Å². The molecule has 0 amide bonds. The van der Waals surface area contributed by atoms with Crippen LogP contribution in [-0.4, -0.2) is 29.4 Å². The summed E-state index contributed by atoms with van der Waals surface area (Å²) in [5.74, 6) is 0. The van der Waals surface area contributed by atoms with Crippen LogP contribution in [0.15, 0.2) is 0 Å². The van der Waals surface area contributed by atoms with Crippen molar-refractivity contribution < 1.29 is 58.5 Å². The Balaban J connectivity index is 5.46. The molecule has 0 aromatic heterocycles. The molecule has 0 aromatic rings. The van der Waals surface area contributed by atoms with Crippen molar-refractivity contribution in [2.24, 2.45) is 0 Å². The zero-order valence-corrected chi connectivity index (χ0v) is 7.42. The average Bonchev–Trinajstić information content (AvgIpc) is 2.27. The quantitative estimate of drug-likeness (QED) is 0.427. The van der Waals surface area contributed by atoms with Crippen LogP contribution in [0.5, 0.6) is 0 Å². The van der Waals surface area contributed by atoms with Crippen LogP contribution in [0.1, 0.15) is 0 Å². The largest absolute Gasteiger partial charge is 0.467 e. The monoisotopic (exact) mass is 303 g/mol. The van der Waals surface area contributed by atoms with Gasteiger partial charge in [0, 0.05) is 5.12 Å². The molecule has 0 spiro atoms. The van der Waals surface area contributed by atoms with E-state index in [1.54, 1.807) is 0 Å². The molecule has 0 aliphatic rings. The second kappa shape index (κ2) is 4.65. The number of halogens is 11. The Hall–Kier alpha value is -0.890. The Bertz CT molecular complexity index is 265. The number of hydrogen-bond donors (Lipinski definition) is 0. The number of hydrogen-bond acceptors (Lipinski definition) is 3. The molecule has 0 bridgehead atoms. The zero-order chi connectivity index (χ0) is 15.0. The lowest BCUT2D eigenvalue weighted by atomic mass is 10.4. The van der Waals surface area contributed by atoms with Gasteiger partial charge in [-0.25, -0.2) is 0 Å².